The highest BCUT2D eigenvalue weighted by Gasteiger charge is 2.01. The molecule has 0 saturated heterocycles. The number of thiocarbonyl (C=S) groups is 1. The molecule has 24 heavy (non-hydrogen) atoms. The fraction of sp³-hybridized carbons (Fsp3) is 0.368. The average Bonchev–Trinajstić information content (AvgIpc) is 2.51. The summed E-state index contributed by atoms with van der Waals surface area (Å²) in [7, 11) is 0. The molecular weight excluding hydrogens is 318 g/mol. The number of hydrogen-bond donors (Lipinski definition) is 2. The third-order valence-corrected chi connectivity index (χ3v) is 3.57. The second-order valence-electron chi connectivity index (χ2n) is 5.96. The summed E-state index contributed by atoms with van der Waals surface area (Å²) in [5, 5.41) is 6.92. The number of pyridine rings is 1. The minimum Gasteiger partial charge on any atom is -0.491 e. The molecule has 5 heteroatoms. The van der Waals surface area contributed by atoms with Gasteiger partial charge in [0.05, 0.1) is 6.10 Å². The summed E-state index contributed by atoms with van der Waals surface area (Å²) in [6, 6.07) is 14.1. The molecule has 2 aromatic rings. The standard InChI is InChI=1S/C19H25N3OS/c1-14(2)23-17-10-5-8-16(13-17)9-6-12-20-19(24)22-18-11-4-7-15(3)21-18/h4-5,7-8,10-11,13-14H,6,9,12H2,1-3H3,(H2,20,21,22,24). The molecule has 0 atom stereocenters. The van der Waals surface area contributed by atoms with Crippen LogP contribution in [0.3, 0.4) is 0 Å². The molecule has 0 saturated carbocycles. The SMILES string of the molecule is Cc1cccc(NC(=S)NCCCc2cccc(OC(C)C)c2)n1. The molecule has 0 amide bonds. The van der Waals surface area contributed by atoms with Gasteiger partial charge in [-0.15, -0.1) is 0 Å². The van der Waals surface area contributed by atoms with E-state index in [0.717, 1.165) is 36.6 Å². The summed E-state index contributed by atoms with van der Waals surface area (Å²) in [6.07, 6.45) is 2.17. The Balaban J connectivity index is 1.71. The van der Waals surface area contributed by atoms with E-state index < -0.39 is 0 Å². The van der Waals surface area contributed by atoms with Crippen LogP contribution in [-0.4, -0.2) is 22.7 Å². The molecule has 0 fully saturated rings. The van der Waals surface area contributed by atoms with E-state index in [1.165, 1.54) is 5.56 Å². The number of aromatic nitrogens is 1. The van der Waals surface area contributed by atoms with E-state index in [9.17, 15) is 0 Å². The normalized spacial score (nSPS) is 10.5. The van der Waals surface area contributed by atoms with Gasteiger partial charge in [0.2, 0.25) is 0 Å². The fourth-order valence-corrected chi connectivity index (χ4v) is 2.52. The lowest BCUT2D eigenvalue weighted by Crippen LogP contribution is -2.29. The van der Waals surface area contributed by atoms with E-state index in [1.54, 1.807) is 0 Å². The molecule has 1 aromatic carbocycles. The Morgan fingerprint density at radius 3 is 2.75 bits per heavy atom. The maximum atomic E-state index is 5.72. The van der Waals surface area contributed by atoms with Gasteiger partial charge in [-0.05, 0) is 75.7 Å². The lowest BCUT2D eigenvalue weighted by atomic mass is 10.1. The molecule has 0 aliphatic carbocycles. The second kappa shape index (κ2) is 9.23. The number of aryl methyl sites for hydroxylation is 2. The van der Waals surface area contributed by atoms with E-state index in [4.69, 9.17) is 17.0 Å². The van der Waals surface area contributed by atoms with Gasteiger partial charge in [-0.25, -0.2) is 4.98 Å². The van der Waals surface area contributed by atoms with Crippen LogP contribution in [0.25, 0.3) is 0 Å². The van der Waals surface area contributed by atoms with Crippen molar-refractivity contribution in [3.63, 3.8) is 0 Å². The van der Waals surface area contributed by atoms with Crippen molar-refractivity contribution in [2.24, 2.45) is 0 Å². The molecular formula is C19H25N3OS. The predicted octanol–water partition coefficient (Wildman–Crippen LogP) is 4.10. The van der Waals surface area contributed by atoms with Crippen molar-refractivity contribution in [2.75, 3.05) is 11.9 Å². The highest BCUT2D eigenvalue weighted by molar-refractivity contribution is 7.80. The minimum absolute atomic E-state index is 0.195. The number of benzene rings is 1. The van der Waals surface area contributed by atoms with Crippen molar-refractivity contribution < 1.29 is 4.74 Å². The van der Waals surface area contributed by atoms with Crippen LogP contribution in [0, 0.1) is 6.92 Å². The van der Waals surface area contributed by atoms with Crippen molar-refractivity contribution in [3.8, 4) is 5.75 Å². The van der Waals surface area contributed by atoms with Gasteiger partial charge < -0.3 is 15.4 Å². The van der Waals surface area contributed by atoms with Crippen LogP contribution < -0.4 is 15.4 Å². The molecule has 0 unspecified atom stereocenters. The first-order chi connectivity index (χ1) is 11.5. The second-order valence-corrected chi connectivity index (χ2v) is 6.37. The van der Waals surface area contributed by atoms with Crippen LogP contribution in [-0.2, 0) is 6.42 Å². The van der Waals surface area contributed by atoms with Crippen LogP contribution in [0.4, 0.5) is 5.82 Å². The summed E-state index contributed by atoms with van der Waals surface area (Å²) in [5.41, 5.74) is 2.24. The summed E-state index contributed by atoms with van der Waals surface area (Å²) < 4.78 is 5.72. The zero-order valence-corrected chi connectivity index (χ0v) is 15.3. The van der Waals surface area contributed by atoms with Crippen molar-refractivity contribution in [1.82, 2.24) is 10.3 Å². The van der Waals surface area contributed by atoms with Gasteiger partial charge in [0, 0.05) is 12.2 Å². The molecule has 2 N–H and O–H groups in total. The quantitative estimate of drug-likeness (QED) is 0.585. The van der Waals surface area contributed by atoms with Gasteiger partial charge in [0.25, 0.3) is 0 Å². The Kier molecular flexibility index (Phi) is 7.00. The van der Waals surface area contributed by atoms with Crippen molar-refractivity contribution in [2.45, 2.75) is 39.7 Å². The Labute approximate surface area is 149 Å². The van der Waals surface area contributed by atoms with Gasteiger partial charge >= 0.3 is 0 Å². The monoisotopic (exact) mass is 343 g/mol. The number of ether oxygens (including phenoxy) is 1. The maximum absolute atomic E-state index is 5.72. The van der Waals surface area contributed by atoms with E-state index in [0.29, 0.717) is 5.11 Å². The number of nitrogens with one attached hydrogen (secondary N) is 2. The molecule has 2 rings (SSSR count). The Morgan fingerprint density at radius 2 is 2.00 bits per heavy atom. The molecule has 0 radical (unpaired) electrons. The smallest absolute Gasteiger partial charge is 0.171 e. The minimum atomic E-state index is 0.195. The fourth-order valence-electron chi connectivity index (χ4n) is 2.31. The molecule has 4 nitrogen and oxygen atoms in total. The molecule has 1 heterocycles. The summed E-state index contributed by atoms with van der Waals surface area (Å²) >= 11 is 5.30. The number of hydrogen-bond acceptors (Lipinski definition) is 3. The molecule has 0 aliphatic rings. The third kappa shape index (κ3) is 6.54. The Hall–Kier alpha value is -2.14. The topological polar surface area (TPSA) is 46.2 Å². The predicted molar refractivity (Wildman–Crippen MR) is 104 cm³/mol. The van der Waals surface area contributed by atoms with Crippen molar-refractivity contribution in [3.05, 3.63) is 53.7 Å². The first-order valence-electron chi connectivity index (χ1n) is 8.27. The first-order valence-corrected chi connectivity index (χ1v) is 8.68. The lowest BCUT2D eigenvalue weighted by molar-refractivity contribution is 0.242. The van der Waals surface area contributed by atoms with Crippen LogP contribution in [0.1, 0.15) is 31.5 Å². The van der Waals surface area contributed by atoms with E-state index >= 15 is 0 Å². The van der Waals surface area contributed by atoms with Crippen LogP contribution in [0.5, 0.6) is 5.75 Å². The summed E-state index contributed by atoms with van der Waals surface area (Å²) in [5.74, 6) is 1.70. The first kappa shape index (κ1) is 18.2. The highest BCUT2D eigenvalue weighted by Crippen LogP contribution is 2.16. The van der Waals surface area contributed by atoms with Crippen LogP contribution >= 0.6 is 12.2 Å². The largest absolute Gasteiger partial charge is 0.491 e. The molecule has 1 aromatic heterocycles. The van der Waals surface area contributed by atoms with Gasteiger partial charge in [-0.1, -0.05) is 18.2 Å². The molecule has 0 spiro atoms. The highest BCUT2D eigenvalue weighted by atomic mass is 32.1. The zero-order chi connectivity index (χ0) is 17.4. The van der Waals surface area contributed by atoms with Crippen molar-refractivity contribution in [1.29, 1.82) is 0 Å². The Morgan fingerprint density at radius 1 is 1.21 bits per heavy atom. The molecule has 0 bridgehead atoms. The Bertz CT molecular complexity index is 673. The average molecular weight is 343 g/mol. The van der Waals surface area contributed by atoms with Gasteiger partial charge in [0.1, 0.15) is 11.6 Å². The van der Waals surface area contributed by atoms with E-state index in [1.807, 2.05) is 51.1 Å². The summed E-state index contributed by atoms with van der Waals surface area (Å²) in [4.78, 5) is 4.37. The van der Waals surface area contributed by atoms with Crippen LogP contribution in [0.15, 0.2) is 42.5 Å². The molecule has 0 aliphatic heterocycles. The van der Waals surface area contributed by atoms with Gasteiger partial charge in [-0.2, -0.15) is 0 Å². The van der Waals surface area contributed by atoms with E-state index in [-0.39, 0.29) is 6.10 Å². The maximum Gasteiger partial charge on any atom is 0.171 e. The number of anilines is 1. The zero-order valence-electron chi connectivity index (χ0n) is 14.5. The number of nitrogens with zero attached hydrogens (tertiary/aromatic N) is 1. The van der Waals surface area contributed by atoms with Gasteiger partial charge in [0.15, 0.2) is 5.11 Å². The van der Waals surface area contributed by atoms with Crippen LogP contribution in [0.2, 0.25) is 0 Å². The summed E-state index contributed by atoms with van der Waals surface area (Å²) in [6.45, 7) is 6.84. The number of rotatable bonds is 7. The third-order valence-electron chi connectivity index (χ3n) is 3.33. The molecule has 128 valence electrons. The van der Waals surface area contributed by atoms with Crippen molar-refractivity contribution >= 4 is 23.1 Å². The van der Waals surface area contributed by atoms with E-state index in [2.05, 4.69) is 27.8 Å². The lowest BCUT2D eigenvalue weighted by Gasteiger charge is -2.12. The van der Waals surface area contributed by atoms with Gasteiger partial charge in [-0.3, -0.25) is 0 Å².